The number of carboxylic acid groups (broad SMARTS) is 1. The normalized spacial score (nSPS) is 23.6. The summed E-state index contributed by atoms with van der Waals surface area (Å²) in [5.41, 5.74) is 0. The first-order valence-corrected chi connectivity index (χ1v) is 7.77. The first kappa shape index (κ1) is 15.9. The molecule has 0 bridgehead atoms. The van der Waals surface area contributed by atoms with Gasteiger partial charge >= 0.3 is 5.97 Å². The highest BCUT2D eigenvalue weighted by molar-refractivity contribution is 5.73. The van der Waals surface area contributed by atoms with Gasteiger partial charge in [-0.15, -0.1) is 0 Å². The number of rotatable bonds is 6. The summed E-state index contributed by atoms with van der Waals surface area (Å²) in [6.45, 7) is 7.53. The van der Waals surface area contributed by atoms with E-state index in [0.717, 1.165) is 25.8 Å². The largest absolute Gasteiger partial charge is 0.480 e. The number of carbonyl (C=O) groups is 1. The van der Waals surface area contributed by atoms with E-state index < -0.39 is 12.0 Å². The summed E-state index contributed by atoms with van der Waals surface area (Å²) in [5.74, 6) is 1.45. The Morgan fingerprint density at radius 2 is 2.29 bits per heavy atom. The Labute approximate surface area is 125 Å². The van der Waals surface area contributed by atoms with Gasteiger partial charge in [0, 0.05) is 6.42 Å². The van der Waals surface area contributed by atoms with Crippen molar-refractivity contribution in [1.82, 2.24) is 15.0 Å². The van der Waals surface area contributed by atoms with Crippen LogP contribution in [0.4, 0.5) is 0 Å². The Balaban J connectivity index is 2.00. The number of aromatic nitrogens is 2. The van der Waals surface area contributed by atoms with Gasteiger partial charge in [-0.1, -0.05) is 32.3 Å². The summed E-state index contributed by atoms with van der Waals surface area (Å²) in [6.07, 6.45) is 3.56. The molecule has 2 atom stereocenters. The zero-order chi connectivity index (χ0) is 15.4. The van der Waals surface area contributed by atoms with Gasteiger partial charge in [-0.2, -0.15) is 4.98 Å². The first-order valence-electron chi connectivity index (χ1n) is 7.77. The van der Waals surface area contributed by atoms with Crippen molar-refractivity contribution >= 4 is 5.97 Å². The molecule has 1 saturated heterocycles. The summed E-state index contributed by atoms with van der Waals surface area (Å²) in [6, 6.07) is -0.441. The third kappa shape index (κ3) is 4.27. The molecule has 118 valence electrons. The fourth-order valence-electron chi connectivity index (χ4n) is 2.88. The predicted molar refractivity (Wildman–Crippen MR) is 77.7 cm³/mol. The molecule has 1 fully saturated rings. The van der Waals surface area contributed by atoms with Gasteiger partial charge in [0.25, 0.3) is 0 Å². The highest BCUT2D eigenvalue weighted by Crippen LogP contribution is 2.26. The van der Waals surface area contributed by atoms with Crippen LogP contribution in [0.1, 0.15) is 51.7 Å². The number of nitrogens with zero attached hydrogens (tertiary/aromatic N) is 3. The molecule has 0 saturated carbocycles. The minimum Gasteiger partial charge on any atom is -0.480 e. The van der Waals surface area contributed by atoms with Gasteiger partial charge in [-0.05, 0) is 31.2 Å². The molecule has 6 heteroatoms. The topological polar surface area (TPSA) is 79.5 Å². The lowest BCUT2D eigenvalue weighted by molar-refractivity contribution is -0.146. The second-order valence-corrected chi connectivity index (χ2v) is 6.33. The van der Waals surface area contributed by atoms with Crippen molar-refractivity contribution in [3.8, 4) is 0 Å². The Bertz CT molecular complexity index is 472. The van der Waals surface area contributed by atoms with Crippen LogP contribution < -0.4 is 0 Å². The quantitative estimate of drug-likeness (QED) is 0.867. The molecule has 0 aromatic carbocycles. The van der Waals surface area contributed by atoms with Crippen LogP contribution in [0.3, 0.4) is 0 Å². The molecule has 0 amide bonds. The molecule has 1 aromatic rings. The molecule has 1 aromatic heterocycles. The maximum Gasteiger partial charge on any atom is 0.320 e. The summed E-state index contributed by atoms with van der Waals surface area (Å²) in [7, 11) is 0. The van der Waals surface area contributed by atoms with Gasteiger partial charge in [0.1, 0.15) is 6.04 Å². The molecule has 6 nitrogen and oxygen atoms in total. The molecule has 1 aliphatic rings. The van der Waals surface area contributed by atoms with Gasteiger partial charge in [0.05, 0.1) is 6.54 Å². The smallest absolute Gasteiger partial charge is 0.320 e. The van der Waals surface area contributed by atoms with Crippen molar-refractivity contribution in [1.29, 1.82) is 0 Å². The first-order chi connectivity index (χ1) is 9.99. The Morgan fingerprint density at radius 3 is 2.90 bits per heavy atom. The average molecular weight is 295 g/mol. The molecule has 1 aliphatic heterocycles. The molecule has 21 heavy (non-hydrogen) atoms. The number of aliphatic carboxylic acids is 1. The van der Waals surface area contributed by atoms with E-state index in [1.165, 1.54) is 0 Å². The monoisotopic (exact) mass is 295 g/mol. The second kappa shape index (κ2) is 7.02. The highest BCUT2D eigenvalue weighted by Gasteiger charge is 2.33. The van der Waals surface area contributed by atoms with E-state index in [1.807, 2.05) is 4.90 Å². The van der Waals surface area contributed by atoms with Gasteiger partial charge in [0.15, 0.2) is 5.82 Å². The average Bonchev–Trinajstić information content (AvgIpc) is 2.85. The Hall–Kier alpha value is -1.43. The van der Waals surface area contributed by atoms with E-state index >= 15 is 0 Å². The lowest BCUT2D eigenvalue weighted by Crippen LogP contribution is -2.46. The SMILES string of the molecule is CCC1CCN(Cc2nc(CC(C)C)no2)C(C(=O)O)C1. The molecule has 2 unspecified atom stereocenters. The predicted octanol–water partition coefficient (Wildman–Crippen LogP) is 2.34. The summed E-state index contributed by atoms with van der Waals surface area (Å²) in [4.78, 5) is 17.8. The molecular weight excluding hydrogens is 270 g/mol. The standard InChI is InChI=1S/C15H25N3O3/c1-4-11-5-6-18(12(8-11)15(19)20)9-14-16-13(17-21-14)7-10(2)3/h10-12H,4-9H2,1-3H3,(H,19,20). The third-order valence-corrected chi connectivity index (χ3v) is 4.12. The minimum absolute atomic E-state index is 0.429. The summed E-state index contributed by atoms with van der Waals surface area (Å²) < 4.78 is 5.25. The van der Waals surface area contributed by atoms with Crippen LogP contribution in [0, 0.1) is 11.8 Å². The lowest BCUT2D eigenvalue weighted by atomic mass is 9.89. The van der Waals surface area contributed by atoms with Crippen LogP contribution in [0.15, 0.2) is 4.52 Å². The molecular formula is C15H25N3O3. The van der Waals surface area contributed by atoms with E-state index in [-0.39, 0.29) is 0 Å². The number of likely N-dealkylation sites (tertiary alicyclic amines) is 1. The van der Waals surface area contributed by atoms with Crippen LogP contribution in [-0.4, -0.2) is 38.7 Å². The van der Waals surface area contributed by atoms with Gasteiger partial charge in [0.2, 0.25) is 5.89 Å². The van der Waals surface area contributed by atoms with E-state index in [4.69, 9.17) is 4.52 Å². The zero-order valence-corrected chi connectivity index (χ0v) is 13.1. The fraction of sp³-hybridized carbons (Fsp3) is 0.800. The maximum atomic E-state index is 11.5. The maximum absolute atomic E-state index is 11.5. The van der Waals surface area contributed by atoms with Crippen molar-refractivity contribution in [3.05, 3.63) is 11.7 Å². The van der Waals surface area contributed by atoms with Gasteiger partial charge < -0.3 is 9.63 Å². The summed E-state index contributed by atoms with van der Waals surface area (Å²) >= 11 is 0. The fourth-order valence-corrected chi connectivity index (χ4v) is 2.88. The van der Waals surface area contributed by atoms with Crippen LogP contribution in [0.5, 0.6) is 0 Å². The van der Waals surface area contributed by atoms with Crippen LogP contribution in [0.2, 0.25) is 0 Å². The molecule has 1 N–H and O–H groups in total. The number of piperidine rings is 1. The van der Waals surface area contributed by atoms with Crippen LogP contribution in [-0.2, 0) is 17.8 Å². The Kier molecular flexibility index (Phi) is 5.33. The second-order valence-electron chi connectivity index (χ2n) is 6.33. The molecule has 2 heterocycles. The number of carboxylic acids is 1. The minimum atomic E-state index is -0.755. The van der Waals surface area contributed by atoms with Crippen molar-refractivity contribution < 1.29 is 14.4 Å². The summed E-state index contributed by atoms with van der Waals surface area (Å²) in [5, 5.41) is 13.4. The van der Waals surface area contributed by atoms with Gasteiger partial charge in [-0.25, -0.2) is 0 Å². The molecule has 0 spiro atoms. The van der Waals surface area contributed by atoms with E-state index in [9.17, 15) is 9.90 Å². The van der Waals surface area contributed by atoms with Crippen molar-refractivity contribution in [2.45, 2.75) is 59.0 Å². The Morgan fingerprint density at radius 1 is 1.52 bits per heavy atom. The van der Waals surface area contributed by atoms with Crippen LogP contribution >= 0.6 is 0 Å². The number of hydrogen-bond acceptors (Lipinski definition) is 5. The van der Waals surface area contributed by atoms with E-state index in [1.54, 1.807) is 0 Å². The van der Waals surface area contributed by atoms with Crippen LogP contribution in [0.25, 0.3) is 0 Å². The lowest BCUT2D eigenvalue weighted by Gasteiger charge is -2.35. The molecule has 2 rings (SSSR count). The van der Waals surface area contributed by atoms with E-state index in [0.29, 0.717) is 36.5 Å². The zero-order valence-electron chi connectivity index (χ0n) is 13.1. The van der Waals surface area contributed by atoms with E-state index in [2.05, 4.69) is 30.9 Å². The van der Waals surface area contributed by atoms with Crippen molar-refractivity contribution in [2.75, 3.05) is 6.54 Å². The third-order valence-electron chi connectivity index (χ3n) is 4.12. The molecule has 0 radical (unpaired) electrons. The van der Waals surface area contributed by atoms with Crippen molar-refractivity contribution in [3.63, 3.8) is 0 Å². The highest BCUT2D eigenvalue weighted by atomic mass is 16.5. The van der Waals surface area contributed by atoms with Crippen molar-refractivity contribution in [2.24, 2.45) is 11.8 Å². The number of hydrogen-bond donors (Lipinski definition) is 1. The molecule has 0 aliphatic carbocycles. The van der Waals surface area contributed by atoms with Gasteiger partial charge in [-0.3, -0.25) is 9.69 Å².